The summed E-state index contributed by atoms with van der Waals surface area (Å²) >= 11 is 5.91. The van der Waals surface area contributed by atoms with Crippen LogP contribution in [0.2, 0.25) is 5.02 Å². The first-order valence-electron chi connectivity index (χ1n) is 7.15. The van der Waals surface area contributed by atoms with Crippen molar-refractivity contribution in [1.82, 2.24) is 5.32 Å². The number of carbonyl (C=O) groups excluding carboxylic acids is 1. The third-order valence-electron chi connectivity index (χ3n) is 4.09. The van der Waals surface area contributed by atoms with Crippen LogP contribution in [0.1, 0.15) is 5.56 Å². The Balaban J connectivity index is 1.58. The fraction of sp³-hybridized carbons (Fsp3) is 0.375. The summed E-state index contributed by atoms with van der Waals surface area (Å²) in [5.41, 5.74) is 1.02. The van der Waals surface area contributed by atoms with Crippen molar-refractivity contribution in [3.8, 4) is 0 Å². The van der Waals surface area contributed by atoms with Gasteiger partial charge in [0.1, 0.15) is 5.92 Å². The minimum Gasteiger partial charge on any atom is -0.481 e. The first-order valence-corrected chi connectivity index (χ1v) is 7.53. The maximum atomic E-state index is 12.3. The molecule has 4 atom stereocenters. The highest BCUT2D eigenvalue weighted by atomic mass is 35.5. The van der Waals surface area contributed by atoms with Gasteiger partial charge in [0.25, 0.3) is 0 Å². The van der Waals surface area contributed by atoms with E-state index in [-0.39, 0.29) is 5.91 Å². The molecule has 6 heteroatoms. The second kappa shape index (κ2) is 6.10. The van der Waals surface area contributed by atoms with Gasteiger partial charge in [0.2, 0.25) is 5.91 Å². The van der Waals surface area contributed by atoms with Crippen LogP contribution in [0.5, 0.6) is 0 Å². The normalized spacial score (nSPS) is 28.8. The number of aliphatic carboxylic acids is 1. The van der Waals surface area contributed by atoms with Crippen LogP contribution in [0.25, 0.3) is 0 Å². The molecule has 2 bridgehead atoms. The lowest BCUT2D eigenvalue weighted by Crippen LogP contribution is -2.43. The molecule has 0 radical (unpaired) electrons. The number of carboxylic acid groups (broad SMARTS) is 1. The largest absolute Gasteiger partial charge is 0.481 e. The molecule has 3 rings (SSSR count). The third-order valence-corrected chi connectivity index (χ3v) is 4.32. The smallest absolute Gasteiger partial charge is 0.310 e. The van der Waals surface area contributed by atoms with E-state index in [9.17, 15) is 14.7 Å². The summed E-state index contributed by atoms with van der Waals surface area (Å²) < 4.78 is 5.49. The van der Waals surface area contributed by atoms with Crippen LogP contribution in [-0.4, -0.2) is 35.7 Å². The summed E-state index contributed by atoms with van der Waals surface area (Å²) in [7, 11) is 0. The molecule has 1 aromatic carbocycles. The van der Waals surface area contributed by atoms with Gasteiger partial charge >= 0.3 is 5.97 Å². The summed E-state index contributed by atoms with van der Waals surface area (Å²) in [5.74, 6) is -2.73. The van der Waals surface area contributed by atoms with E-state index in [0.29, 0.717) is 18.0 Å². The van der Waals surface area contributed by atoms with Crippen LogP contribution in [0.4, 0.5) is 0 Å². The van der Waals surface area contributed by atoms with Crippen molar-refractivity contribution in [1.29, 1.82) is 0 Å². The number of hydrogen-bond acceptors (Lipinski definition) is 3. The standard InChI is InChI=1S/C16H16ClNO4/c17-10-3-1-2-9(8-10)6-7-18-15(19)13-11-4-5-12(22-11)14(13)16(20)21/h1-5,8,11-14H,6-7H2,(H,18,19)(H,20,21)/t11-,12-,13-,14-/m1/s1. The van der Waals surface area contributed by atoms with Crippen LogP contribution in [0.3, 0.4) is 0 Å². The zero-order valence-electron chi connectivity index (χ0n) is 11.7. The minimum atomic E-state index is -0.994. The lowest BCUT2D eigenvalue weighted by Gasteiger charge is -2.20. The number of ether oxygens (including phenoxy) is 1. The Labute approximate surface area is 132 Å². The van der Waals surface area contributed by atoms with Crippen molar-refractivity contribution in [2.45, 2.75) is 18.6 Å². The van der Waals surface area contributed by atoms with Gasteiger partial charge in [0, 0.05) is 11.6 Å². The second-order valence-electron chi connectivity index (χ2n) is 5.51. The van der Waals surface area contributed by atoms with E-state index in [0.717, 1.165) is 5.56 Å². The van der Waals surface area contributed by atoms with Crippen molar-refractivity contribution in [2.75, 3.05) is 6.54 Å². The Morgan fingerprint density at radius 3 is 2.64 bits per heavy atom. The van der Waals surface area contributed by atoms with Gasteiger partial charge in [-0.3, -0.25) is 9.59 Å². The Hall–Kier alpha value is -1.85. The first-order chi connectivity index (χ1) is 10.6. The lowest BCUT2D eigenvalue weighted by atomic mass is 9.82. The van der Waals surface area contributed by atoms with Crippen LogP contribution in [-0.2, 0) is 20.7 Å². The van der Waals surface area contributed by atoms with Crippen LogP contribution in [0, 0.1) is 11.8 Å². The summed E-state index contributed by atoms with van der Waals surface area (Å²) in [5, 5.41) is 12.7. The summed E-state index contributed by atoms with van der Waals surface area (Å²) in [6.45, 7) is 0.434. The van der Waals surface area contributed by atoms with Gasteiger partial charge in [-0.15, -0.1) is 0 Å². The molecular weight excluding hydrogens is 306 g/mol. The molecule has 0 aliphatic carbocycles. The molecule has 116 valence electrons. The molecular formula is C16H16ClNO4. The molecule has 1 saturated heterocycles. The molecule has 2 N–H and O–H groups in total. The number of halogens is 1. The van der Waals surface area contributed by atoms with Gasteiger partial charge in [-0.1, -0.05) is 35.9 Å². The molecule has 2 aliphatic heterocycles. The topological polar surface area (TPSA) is 75.6 Å². The van der Waals surface area contributed by atoms with Gasteiger partial charge in [0.15, 0.2) is 0 Å². The molecule has 1 fully saturated rings. The number of rotatable bonds is 5. The second-order valence-corrected chi connectivity index (χ2v) is 5.95. The molecule has 22 heavy (non-hydrogen) atoms. The van der Waals surface area contributed by atoms with E-state index in [1.54, 1.807) is 18.2 Å². The van der Waals surface area contributed by atoms with Crippen molar-refractivity contribution < 1.29 is 19.4 Å². The Morgan fingerprint density at radius 1 is 1.23 bits per heavy atom. The highest BCUT2D eigenvalue weighted by Crippen LogP contribution is 2.39. The van der Waals surface area contributed by atoms with E-state index in [1.807, 2.05) is 18.2 Å². The number of fused-ring (bicyclic) bond motifs is 2. The Bertz CT molecular complexity index is 630. The SMILES string of the molecule is O=C(O)[C@H]1[C@H](C(=O)NCCc2cccc(Cl)c2)[C@H]2C=C[C@H]1O2. The molecule has 0 unspecified atom stereocenters. The zero-order valence-corrected chi connectivity index (χ0v) is 12.5. The van der Waals surface area contributed by atoms with Crippen molar-refractivity contribution >= 4 is 23.5 Å². The van der Waals surface area contributed by atoms with E-state index in [4.69, 9.17) is 16.3 Å². The van der Waals surface area contributed by atoms with E-state index >= 15 is 0 Å². The van der Waals surface area contributed by atoms with Crippen molar-refractivity contribution in [2.24, 2.45) is 11.8 Å². The van der Waals surface area contributed by atoms with Gasteiger partial charge in [0.05, 0.1) is 18.1 Å². The minimum absolute atomic E-state index is 0.272. The summed E-state index contributed by atoms with van der Waals surface area (Å²) in [6, 6.07) is 7.42. The number of carbonyl (C=O) groups is 2. The monoisotopic (exact) mass is 321 g/mol. The van der Waals surface area contributed by atoms with Crippen molar-refractivity contribution in [3.63, 3.8) is 0 Å². The number of nitrogens with one attached hydrogen (secondary N) is 1. The zero-order chi connectivity index (χ0) is 15.7. The van der Waals surface area contributed by atoms with Gasteiger partial charge in [-0.05, 0) is 24.1 Å². The molecule has 0 aromatic heterocycles. The van der Waals surface area contributed by atoms with Gasteiger partial charge in [-0.2, -0.15) is 0 Å². The quantitative estimate of drug-likeness (QED) is 0.809. The summed E-state index contributed by atoms with van der Waals surface area (Å²) in [4.78, 5) is 23.6. The number of hydrogen-bond donors (Lipinski definition) is 2. The molecule has 0 spiro atoms. The molecule has 1 amide bonds. The Kier molecular flexibility index (Phi) is 4.18. The van der Waals surface area contributed by atoms with Crippen LogP contribution >= 0.6 is 11.6 Å². The number of carboxylic acids is 1. The fourth-order valence-electron chi connectivity index (χ4n) is 3.06. The predicted octanol–water partition coefficient (Wildman–Crippen LogP) is 1.65. The molecule has 2 aliphatic rings. The number of amides is 1. The van der Waals surface area contributed by atoms with Gasteiger partial charge < -0.3 is 15.2 Å². The maximum absolute atomic E-state index is 12.3. The molecule has 5 nitrogen and oxygen atoms in total. The fourth-order valence-corrected chi connectivity index (χ4v) is 3.27. The lowest BCUT2D eigenvalue weighted by molar-refractivity contribution is -0.146. The molecule has 1 aromatic rings. The summed E-state index contributed by atoms with van der Waals surface area (Å²) in [6.07, 6.45) is 3.20. The van der Waals surface area contributed by atoms with Gasteiger partial charge in [-0.25, -0.2) is 0 Å². The average molecular weight is 322 g/mol. The Morgan fingerprint density at radius 2 is 1.95 bits per heavy atom. The predicted molar refractivity (Wildman–Crippen MR) is 80.6 cm³/mol. The highest BCUT2D eigenvalue weighted by Gasteiger charge is 2.53. The average Bonchev–Trinajstić information content (AvgIpc) is 3.07. The third kappa shape index (κ3) is 2.87. The van der Waals surface area contributed by atoms with Crippen molar-refractivity contribution in [3.05, 3.63) is 47.0 Å². The van der Waals surface area contributed by atoms with E-state index in [2.05, 4.69) is 5.32 Å². The number of benzene rings is 1. The molecule has 2 heterocycles. The van der Waals surface area contributed by atoms with Crippen LogP contribution in [0.15, 0.2) is 36.4 Å². The highest BCUT2D eigenvalue weighted by molar-refractivity contribution is 6.30. The van der Waals surface area contributed by atoms with E-state index in [1.165, 1.54) is 0 Å². The first kappa shape index (κ1) is 15.1. The maximum Gasteiger partial charge on any atom is 0.310 e. The molecule has 0 saturated carbocycles. The van der Waals surface area contributed by atoms with Crippen LogP contribution < -0.4 is 5.32 Å². The van der Waals surface area contributed by atoms with E-state index < -0.39 is 30.0 Å².